The Bertz CT molecular complexity index is 477. The van der Waals surface area contributed by atoms with E-state index >= 15 is 0 Å². The van der Waals surface area contributed by atoms with Crippen LogP contribution >= 0.6 is 0 Å². The summed E-state index contributed by atoms with van der Waals surface area (Å²) in [6, 6.07) is 1.53. The average molecular weight is 252 g/mol. The number of hydrogen-bond donors (Lipinski definition) is 0. The van der Waals surface area contributed by atoms with Crippen LogP contribution < -0.4 is 0 Å². The standard InChI is InChI=1S/C12H16N2O4/c1-8-5-9(13-7-10(8)14(16)17)6-11(15)18-12(2,3)4/h5,7H,6H2,1-4H3. The maximum absolute atomic E-state index is 11.6. The highest BCUT2D eigenvalue weighted by Crippen LogP contribution is 2.17. The third kappa shape index (κ3) is 4.12. The lowest BCUT2D eigenvalue weighted by molar-refractivity contribution is -0.385. The summed E-state index contributed by atoms with van der Waals surface area (Å²) in [6.45, 7) is 6.94. The van der Waals surface area contributed by atoms with Crippen molar-refractivity contribution in [3.8, 4) is 0 Å². The van der Waals surface area contributed by atoms with Gasteiger partial charge in [-0.1, -0.05) is 0 Å². The van der Waals surface area contributed by atoms with Gasteiger partial charge in [-0.3, -0.25) is 19.9 Å². The first-order valence-corrected chi connectivity index (χ1v) is 5.51. The predicted octanol–water partition coefficient (Wildman–Crippen LogP) is 2.18. The van der Waals surface area contributed by atoms with Crippen LogP contribution in [0.3, 0.4) is 0 Å². The van der Waals surface area contributed by atoms with Crippen LogP contribution in [0.2, 0.25) is 0 Å². The minimum Gasteiger partial charge on any atom is -0.460 e. The Kier molecular flexibility index (Phi) is 4.00. The lowest BCUT2D eigenvalue weighted by Crippen LogP contribution is -2.25. The van der Waals surface area contributed by atoms with Gasteiger partial charge < -0.3 is 4.74 Å². The number of aromatic nitrogens is 1. The molecular formula is C12H16N2O4. The number of carbonyl (C=O) groups excluding carboxylic acids is 1. The van der Waals surface area contributed by atoms with Crippen molar-refractivity contribution in [2.24, 2.45) is 0 Å². The Labute approximate surface area is 105 Å². The fraction of sp³-hybridized carbons (Fsp3) is 0.500. The molecule has 0 radical (unpaired) electrons. The summed E-state index contributed by atoms with van der Waals surface area (Å²) >= 11 is 0. The van der Waals surface area contributed by atoms with Crippen molar-refractivity contribution in [2.75, 3.05) is 0 Å². The lowest BCUT2D eigenvalue weighted by Gasteiger charge is -2.19. The summed E-state index contributed by atoms with van der Waals surface area (Å²) in [5, 5.41) is 10.6. The van der Waals surface area contributed by atoms with E-state index < -0.39 is 16.5 Å². The molecule has 0 fully saturated rings. The van der Waals surface area contributed by atoms with Gasteiger partial charge in [0.05, 0.1) is 17.0 Å². The van der Waals surface area contributed by atoms with E-state index in [2.05, 4.69) is 4.98 Å². The third-order valence-corrected chi connectivity index (χ3v) is 2.08. The van der Waals surface area contributed by atoms with Crippen LogP contribution in [0.15, 0.2) is 12.3 Å². The smallest absolute Gasteiger partial charge is 0.312 e. The van der Waals surface area contributed by atoms with Gasteiger partial charge in [0, 0.05) is 5.56 Å². The summed E-state index contributed by atoms with van der Waals surface area (Å²) in [5.74, 6) is -0.400. The van der Waals surface area contributed by atoms with E-state index in [1.165, 1.54) is 6.07 Å². The highest BCUT2D eigenvalue weighted by Gasteiger charge is 2.18. The van der Waals surface area contributed by atoms with Crippen molar-refractivity contribution in [3.63, 3.8) is 0 Å². The molecule has 6 nitrogen and oxygen atoms in total. The van der Waals surface area contributed by atoms with Crippen molar-refractivity contribution in [3.05, 3.63) is 33.6 Å². The molecule has 6 heteroatoms. The third-order valence-electron chi connectivity index (χ3n) is 2.08. The number of nitrogens with zero attached hydrogens (tertiary/aromatic N) is 2. The summed E-state index contributed by atoms with van der Waals surface area (Å²) in [7, 11) is 0. The molecule has 0 saturated carbocycles. The fourth-order valence-corrected chi connectivity index (χ4v) is 1.42. The zero-order valence-corrected chi connectivity index (χ0v) is 10.9. The number of ether oxygens (including phenoxy) is 1. The second-order valence-electron chi connectivity index (χ2n) is 4.98. The number of hydrogen-bond acceptors (Lipinski definition) is 5. The first-order valence-electron chi connectivity index (χ1n) is 5.51. The van der Waals surface area contributed by atoms with E-state index in [1.807, 2.05) is 0 Å². The summed E-state index contributed by atoms with van der Waals surface area (Å²) in [6.07, 6.45) is 1.17. The molecule has 0 unspecified atom stereocenters. The molecule has 0 atom stereocenters. The molecule has 0 aliphatic rings. The second-order valence-corrected chi connectivity index (χ2v) is 4.98. The van der Waals surface area contributed by atoms with E-state index in [0.29, 0.717) is 11.3 Å². The van der Waals surface area contributed by atoms with Crippen LogP contribution in [-0.2, 0) is 16.0 Å². The maximum Gasteiger partial charge on any atom is 0.312 e. The van der Waals surface area contributed by atoms with Crippen LogP contribution in [0.25, 0.3) is 0 Å². The Hall–Kier alpha value is -1.98. The van der Waals surface area contributed by atoms with Gasteiger partial charge in [-0.2, -0.15) is 0 Å². The SMILES string of the molecule is Cc1cc(CC(=O)OC(C)(C)C)ncc1[N+](=O)[O-]. The molecule has 0 spiro atoms. The number of rotatable bonds is 3. The van der Waals surface area contributed by atoms with Gasteiger partial charge in [0.1, 0.15) is 11.8 Å². The molecule has 0 aromatic carbocycles. The minimum absolute atomic E-state index is 0.0100. The number of carbonyl (C=O) groups is 1. The average Bonchev–Trinajstić information content (AvgIpc) is 2.13. The van der Waals surface area contributed by atoms with E-state index in [0.717, 1.165) is 6.20 Å². The lowest BCUT2D eigenvalue weighted by atomic mass is 10.1. The van der Waals surface area contributed by atoms with Gasteiger partial charge >= 0.3 is 5.97 Å². The van der Waals surface area contributed by atoms with Gasteiger partial charge in [0.25, 0.3) is 5.69 Å². The van der Waals surface area contributed by atoms with E-state index in [1.54, 1.807) is 27.7 Å². The van der Waals surface area contributed by atoms with Gasteiger partial charge in [0.2, 0.25) is 0 Å². The molecule has 0 saturated heterocycles. The predicted molar refractivity (Wildman–Crippen MR) is 65.2 cm³/mol. The minimum atomic E-state index is -0.549. The molecule has 0 N–H and O–H groups in total. The normalized spacial score (nSPS) is 11.1. The summed E-state index contributed by atoms with van der Waals surface area (Å²) in [5.41, 5.74) is 0.344. The Morgan fingerprint density at radius 2 is 2.11 bits per heavy atom. The number of pyridine rings is 1. The van der Waals surface area contributed by atoms with Crippen LogP contribution in [0.5, 0.6) is 0 Å². The van der Waals surface area contributed by atoms with Gasteiger partial charge in [-0.25, -0.2) is 0 Å². The van der Waals surface area contributed by atoms with Gasteiger partial charge in [0.15, 0.2) is 0 Å². The molecule has 1 aromatic rings. The molecule has 98 valence electrons. The van der Waals surface area contributed by atoms with Crippen LogP contribution in [0.1, 0.15) is 32.0 Å². The van der Waals surface area contributed by atoms with Crippen molar-refractivity contribution >= 4 is 11.7 Å². The van der Waals surface area contributed by atoms with Crippen molar-refractivity contribution in [2.45, 2.75) is 39.7 Å². The molecule has 0 aliphatic heterocycles. The fourth-order valence-electron chi connectivity index (χ4n) is 1.42. The monoisotopic (exact) mass is 252 g/mol. The Balaban J connectivity index is 2.78. The first-order chi connectivity index (χ1) is 8.19. The van der Waals surface area contributed by atoms with Crippen LogP contribution in [0.4, 0.5) is 5.69 Å². The largest absolute Gasteiger partial charge is 0.460 e. The summed E-state index contributed by atoms with van der Waals surface area (Å²) < 4.78 is 5.15. The molecule has 0 amide bonds. The molecule has 0 bridgehead atoms. The maximum atomic E-state index is 11.6. The van der Waals surface area contributed by atoms with Crippen LogP contribution in [0, 0.1) is 17.0 Å². The second kappa shape index (κ2) is 5.12. The Morgan fingerprint density at radius 3 is 2.56 bits per heavy atom. The van der Waals surface area contributed by atoms with E-state index in [9.17, 15) is 14.9 Å². The van der Waals surface area contributed by atoms with Crippen molar-refractivity contribution in [1.82, 2.24) is 4.98 Å². The number of esters is 1. The Morgan fingerprint density at radius 1 is 1.50 bits per heavy atom. The zero-order valence-electron chi connectivity index (χ0n) is 10.9. The number of nitro groups is 1. The molecular weight excluding hydrogens is 236 g/mol. The van der Waals surface area contributed by atoms with Crippen molar-refractivity contribution in [1.29, 1.82) is 0 Å². The van der Waals surface area contributed by atoms with Crippen molar-refractivity contribution < 1.29 is 14.5 Å². The van der Waals surface area contributed by atoms with E-state index in [4.69, 9.17) is 4.74 Å². The quantitative estimate of drug-likeness (QED) is 0.467. The van der Waals surface area contributed by atoms with Gasteiger partial charge in [-0.15, -0.1) is 0 Å². The molecule has 0 aliphatic carbocycles. The highest BCUT2D eigenvalue weighted by atomic mass is 16.6. The molecule has 18 heavy (non-hydrogen) atoms. The first kappa shape index (κ1) is 14.1. The highest BCUT2D eigenvalue weighted by molar-refractivity contribution is 5.72. The molecule has 1 rings (SSSR count). The van der Waals surface area contributed by atoms with Crippen LogP contribution in [-0.4, -0.2) is 21.5 Å². The zero-order chi connectivity index (χ0) is 13.9. The van der Waals surface area contributed by atoms with Gasteiger partial charge in [-0.05, 0) is 33.8 Å². The van der Waals surface area contributed by atoms with E-state index in [-0.39, 0.29) is 12.1 Å². The molecule has 1 aromatic heterocycles. The summed E-state index contributed by atoms with van der Waals surface area (Å²) in [4.78, 5) is 25.6. The topological polar surface area (TPSA) is 82.3 Å². The number of aryl methyl sites for hydroxylation is 1. The molecule has 1 heterocycles.